The van der Waals surface area contributed by atoms with Crippen molar-refractivity contribution >= 4 is 0 Å². The van der Waals surface area contributed by atoms with Crippen molar-refractivity contribution in [3.05, 3.63) is 0 Å². The van der Waals surface area contributed by atoms with Gasteiger partial charge in [0.15, 0.2) is 6.29 Å². The van der Waals surface area contributed by atoms with Crippen LogP contribution in [0.5, 0.6) is 0 Å². The zero-order valence-corrected chi connectivity index (χ0v) is 12.6. The highest BCUT2D eigenvalue weighted by Crippen LogP contribution is 2.10. The van der Waals surface area contributed by atoms with Crippen LogP contribution in [0.1, 0.15) is 90.9 Å². The van der Waals surface area contributed by atoms with Crippen LogP contribution >= 0.6 is 0 Å². The summed E-state index contributed by atoms with van der Waals surface area (Å²) in [6, 6.07) is 0. The van der Waals surface area contributed by atoms with Crippen molar-refractivity contribution in [1.29, 1.82) is 0 Å². The summed E-state index contributed by atoms with van der Waals surface area (Å²) < 4.78 is 5.31. The van der Waals surface area contributed by atoms with Crippen molar-refractivity contribution in [3.63, 3.8) is 0 Å². The predicted molar refractivity (Wildman–Crippen MR) is 78.7 cm³/mol. The third kappa shape index (κ3) is 14.0. The average molecular weight is 258 g/mol. The molecule has 0 aliphatic rings. The van der Waals surface area contributed by atoms with Gasteiger partial charge in [-0.05, 0) is 12.8 Å². The minimum atomic E-state index is -0.534. The molecule has 0 rings (SSSR count). The van der Waals surface area contributed by atoms with Crippen molar-refractivity contribution < 1.29 is 9.84 Å². The van der Waals surface area contributed by atoms with E-state index in [4.69, 9.17) is 4.74 Å². The molecule has 0 aliphatic carbocycles. The van der Waals surface area contributed by atoms with Gasteiger partial charge in [-0.3, -0.25) is 0 Å². The molecule has 1 unspecified atom stereocenters. The highest BCUT2D eigenvalue weighted by molar-refractivity contribution is 4.48. The van der Waals surface area contributed by atoms with Crippen molar-refractivity contribution in [2.75, 3.05) is 6.61 Å². The number of hydrogen-bond acceptors (Lipinski definition) is 2. The van der Waals surface area contributed by atoms with E-state index in [0.717, 1.165) is 25.9 Å². The molecule has 0 aromatic heterocycles. The molecule has 2 heteroatoms. The molecule has 0 fully saturated rings. The zero-order chi connectivity index (χ0) is 13.5. The first-order chi connectivity index (χ1) is 8.81. The van der Waals surface area contributed by atoms with Gasteiger partial charge in [-0.25, -0.2) is 0 Å². The van der Waals surface area contributed by atoms with Gasteiger partial charge in [0.1, 0.15) is 0 Å². The molecular formula is C16H34O2. The van der Waals surface area contributed by atoms with E-state index in [9.17, 15) is 5.11 Å². The van der Waals surface area contributed by atoms with E-state index >= 15 is 0 Å². The van der Waals surface area contributed by atoms with Gasteiger partial charge in [0.05, 0.1) is 0 Å². The molecule has 0 amide bonds. The second kappa shape index (κ2) is 15.0. The Hall–Kier alpha value is -0.0800. The van der Waals surface area contributed by atoms with Crippen LogP contribution in [0.3, 0.4) is 0 Å². The van der Waals surface area contributed by atoms with Crippen molar-refractivity contribution in [2.24, 2.45) is 0 Å². The molecule has 0 radical (unpaired) electrons. The monoisotopic (exact) mass is 258 g/mol. The molecular weight excluding hydrogens is 224 g/mol. The number of aliphatic hydroxyl groups excluding tert-OH is 1. The quantitative estimate of drug-likeness (QED) is 0.349. The minimum Gasteiger partial charge on any atom is -0.368 e. The summed E-state index contributed by atoms with van der Waals surface area (Å²) in [5, 5.41) is 9.37. The smallest absolute Gasteiger partial charge is 0.154 e. The van der Waals surface area contributed by atoms with Crippen LogP contribution in [-0.2, 0) is 4.74 Å². The van der Waals surface area contributed by atoms with Crippen molar-refractivity contribution in [1.82, 2.24) is 0 Å². The second-order valence-corrected chi connectivity index (χ2v) is 5.30. The number of aliphatic hydroxyl groups is 1. The van der Waals surface area contributed by atoms with Crippen LogP contribution in [0, 0.1) is 0 Å². The summed E-state index contributed by atoms with van der Waals surface area (Å²) in [5.41, 5.74) is 0. The Balaban J connectivity index is 2.98. The Morgan fingerprint density at radius 2 is 1.22 bits per heavy atom. The van der Waals surface area contributed by atoms with Gasteiger partial charge in [-0.2, -0.15) is 0 Å². The average Bonchev–Trinajstić information content (AvgIpc) is 2.36. The largest absolute Gasteiger partial charge is 0.368 e. The first kappa shape index (κ1) is 17.9. The number of unbranched alkanes of at least 4 members (excludes halogenated alkanes) is 9. The maximum Gasteiger partial charge on any atom is 0.154 e. The Morgan fingerprint density at radius 3 is 1.72 bits per heavy atom. The molecule has 0 saturated heterocycles. The fraction of sp³-hybridized carbons (Fsp3) is 1.00. The molecule has 0 spiro atoms. The molecule has 0 saturated carbocycles. The van der Waals surface area contributed by atoms with Gasteiger partial charge in [0, 0.05) is 6.61 Å². The van der Waals surface area contributed by atoms with Gasteiger partial charge in [-0.1, -0.05) is 78.1 Å². The van der Waals surface area contributed by atoms with Crippen LogP contribution in [-0.4, -0.2) is 18.0 Å². The third-order valence-corrected chi connectivity index (χ3v) is 3.34. The summed E-state index contributed by atoms with van der Waals surface area (Å²) >= 11 is 0. The summed E-state index contributed by atoms with van der Waals surface area (Å²) in [6.45, 7) is 5.05. The maximum atomic E-state index is 9.37. The van der Waals surface area contributed by atoms with Crippen molar-refractivity contribution in [2.45, 2.75) is 97.2 Å². The summed E-state index contributed by atoms with van der Waals surface area (Å²) in [4.78, 5) is 0. The first-order valence-electron chi connectivity index (χ1n) is 8.11. The highest BCUT2D eigenvalue weighted by Gasteiger charge is 2.00. The highest BCUT2D eigenvalue weighted by atomic mass is 16.6. The van der Waals surface area contributed by atoms with Gasteiger partial charge >= 0.3 is 0 Å². The fourth-order valence-electron chi connectivity index (χ4n) is 2.14. The lowest BCUT2D eigenvalue weighted by atomic mass is 10.1. The molecule has 0 aliphatic heterocycles. The Labute approximate surface area is 114 Å². The second-order valence-electron chi connectivity index (χ2n) is 5.30. The van der Waals surface area contributed by atoms with Crippen LogP contribution in [0.15, 0.2) is 0 Å². The first-order valence-corrected chi connectivity index (χ1v) is 8.11. The van der Waals surface area contributed by atoms with Crippen LogP contribution in [0.4, 0.5) is 0 Å². The summed E-state index contributed by atoms with van der Waals surface area (Å²) in [6.07, 6.45) is 14.6. The number of rotatable bonds is 14. The molecule has 1 N–H and O–H groups in total. The molecule has 2 nitrogen and oxygen atoms in total. The molecule has 1 atom stereocenters. The molecule has 18 heavy (non-hydrogen) atoms. The molecule has 0 aromatic carbocycles. The Morgan fingerprint density at radius 1 is 0.722 bits per heavy atom. The standard InChI is InChI=1S/C16H34O2/c1-3-5-6-7-8-9-10-11-12-13-15-18-16(17)14-4-2/h16-17H,3-15H2,1-2H3. The van der Waals surface area contributed by atoms with Gasteiger partial charge in [0.2, 0.25) is 0 Å². The fourth-order valence-corrected chi connectivity index (χ4v) is 2.14. The molecule has 110 valence electrons. The lowest BCUT2D eigenvalue weighted by Crippen LogP contribution is -2.12. The maximum absolute atomic E-state index is 9.37. The summed E-state index contributed by atoms with van der Waals surface area (Å²) in [5.74, 6) is 0. The van der Waals surface area contributed by atoms with Crippen molar-refractivity contribution in [3.8, 4) is 0 Å². The summed E-state index contributed by atoms with van der Waals surface area (Å²) in [7, 11) is 0. The Kier molecular flexibility index (Phi) is 14.9. The van der Waals surface area contributed by atoms with E-state index < -0.39 is 6.29 Å². The number of ether oxygens (including phenoxy) is 1. The zero-order valence-electron chi connectivity index (χ0n) is 12.6. The molecule has 0 bridgehead atoms. The SMILES string of the molecule is CCCCCCCCCCCCOC(O)CCC. The Bertz CT molecular complexity index is 148. The topological polar surface area (TPSA) is 29.5 Å². The van der Waals surface area contributed by atoms with E-state index in [1.807, 2.05) is 0 Å². The molecule has 0 heterocycles. The minimum absolute atomic E-state index is 0.534. The normalized spacial score (nSPS) is 12.8. The van der Waals surface area contributed by atoms with E-state index in [1.165, 1.54) is 57.8 Å². The molecule has 0 aromatic rings. The van der Waals surface area contributed by atoms with Crippen LogP contribution < -0.4 is 0 Å². The van der Waals surface area contributed by atoms with Crippen LogP contribution in [0.25, 0.3) is 0 Å². The number of hydrogen-bond donors (Lipinski definition) is 1. The van der Waals surface area contributed by atoms with E-state index in [1.54, 1.807) is 0 Å². The van der Waals surface area contributed by atoms with E-state index in [-0.39, 0.29) is 0 Å². The lowest BCUT2D eigenvalue weighted by molar-refractivity contribution is -0.104. The van der Waals surface area contributed by atoms with Gasteiger partial charge in [-0.15, -0.1) is 0 Å². The third-order valence-electron chi connectivity index (χ3n) is 3.34. The van der Waals surface area contributed by atoms with Gasteiger partial charge < -0.3 is 9.84 Å². The van der Waals surface area contributed by atoms with Crippen LogP contribution in [0.2, 0.25) is 0 Å². The van der Waals surface area contributed by atoms with E-state index in [0.29, 0.717) is 0 Å². The van der Waals surface area contributed by atoms with Gasteiger partial charge in [0.25, 0.3) is 0 Å². The lowest BCUT2D eigenvalue weighted by Gasteiger charge is -2.10. The predicted octanol–water partition coefficient (Wildman–Crippen LogP) is 5.04. The van der Waals surface area contributed by atoms with E-state index in [2.05, 4.69) is 13.8 Å².